The molecular formula is C16H21ClSi2. The monoisotopic (exact) mass is 304 g/mol. The minimum Gasteiger partial charge on any atom is -0.155 e. The first-order chi connectivity index (χ1) is 8.82. The predicted molar refractivity (Wildman–Crippen MR) is 92.6 cm³/mol. The summed E-state index contributed by atoms with van der Waals surface area (Å²) in [7, 11) is -3.27. The van der Waals surface area contributed by atoms with Crippen molar-refractivity contribution in [3.63, 3.8) is 0 Å². The molecule has 3 heteroatoms. The highest BCUT2D eigenvalue weighted by molar-refractivity contribution is 7.33. The normalized spacial score (nSPS) is 15.0. The van der Waals surface area contributed by atoms with E-state index < -0.39 is 15.5 Å². The Morgan fingerprint density at radius 3 is 1.53 bits per heavy atom. The average molecular weight is 305 g/mol. The zero-order valence-electron chi connectivity index (χ0n) is 12.1. The van der Waals surface area contributed by atoms with Gasteiger partial charge in [0, 0.05) is 0 Å². The molecule has 0 heterocycles. The summed E-state index contributed by atoms with van der Waals surface area (Å²) in [6.07, 6.45) is 0. The van der Waals surface area contributed by atoms with Gasteiger partial charge in [-0.25, -0.2) is 0 Å². The highest BCUT2D eigenvalue weighted by atomic mass is 35.6. The molecule has 2 rings (SSSR count). The van der Waals surface area contributed by atoms with Gasteiger partial charge in [-0.05, 0) is 16.9 Å². The molecule has 0 saturated carbocycles. The highest BCUT2D eigenvalue weighted by Gasteiger charge is 2.29. The molecule has 19 heavy (non-hydrogen) atoms. The largest absolute Gasteiger partial charge is 0.214 e. The zero-order chi connectivity index (χ0) is 14.1. The average Bonchev–Trinajstić information content (AvgIpc) is 2.39. The second kappa shape index (κ2) is 5.27. The Labute approximate surface area is 123 Å². The predicted octanol–water partition coefficient (Wildman–Crippen LogP) is 3.16. The van der Waals surface area contributed by atoms with Gasteiger partial charge in [-0.15, -0.1) is 0 Å². The third kappa shape index (κ3) is 3.19. The zero-order valence-corrected chi connectivity index (χ0v) is 14.8. The van der Waals surface area contributed by atoms with Gasteiger partial charge in [-0.3, -0.25) is 0 Å². The molecule has 1 unspecified atom stereocenters. The van der Waals surface area contributed by atoms with Crippen molar-refractivity contribution in [1.82, 2.24) is 0 Å². The van der Waals surface area contributed by atoms with Crippen molar-refractivity contribution in [3.8, 4) is 0 Å². The molecule has 0 radical (unpaired) electrons. The Balaban J connectivity index is 2.37. The summed E-state index contributed by atoms with van der Waals surface area (Å²) in [4.78, 5) is 0. The van der Waals surface area contributed by atoms with Crippen molar-refractivity contribution >= 4 is 42.1 Å². The van der Waals surface area contributed by atoms with Gasteiger partial charge in [0.15, 0.2) is 0 Å². The summed E-state index contributed by atoms with van der Waals surface area (Å²) < 4.78 is 0. The van der Waals surface area contributed by atoms with Crippen LogP contribution in [0.15, 0.2) is 54.6 Å². The van der Waals surface area contributed by atoms with Crippen LogP contribution in [-0.4, -0.2) is 15.5 Å². The number of hydrogen-bond donors (Lipinski definition) is 0. The van der Waals surface area contributed by atoms with E-state index in [0.717, 1.165) is 0 Å². The first kappa shape index (κ1) is 14.6. The molecule has 2 aromatic carbocycles. The molecule has 100 valence electrons. The van der Waals surface area contributed by atoms with Crippen molar-refractivity contribution in [2.45, 2.75) is 26.2 Å². The van der Waals surface area contributed by atoms with E-state index in [4.69, 9.17) is 11.1 Å². The number of benzene rings is 2. The maximum atomic E-state index is 6.90. The molecule has 0 bridgehead atoms. The second-order valence-electron chi connectivity index (χ2n) is 6.20. The minimum atomic E-state index is -2.05. The standard InChI is InChI=1S/C16H21ClSi2/c1-18(2,3)14-10-12-16(13-11-14)19(4,17)15-8-6-5-7-9-15/h5-13H,1-4H3. The summed E-state index contributed by atoms with van der Waals surface area (Å²) in [5.74, 6) is 0. The van der Waals surface area contributed by atoms with E-state index in [1.165, 1.54) is 15.6 Å². The quantitative estimate of drug-likeness (QED) is 0.603. The van der Waals surface area contributed by atoms with E-state index in [9.17, 15) is 0 Å². The van der Waals surface area contributed by atoms with Gasteiger partial charge in [0.25, 0.3) is 0 Å². The Hall–Kier alpha value is -0.836. The van der Waals surface area contributed by atoms with Gasteiger partial charge in [-0.1, -0.05) is 79.4 Å². The molecule has 0 fully saturated rings. The van der Waals surface area contributed by atoms with Crippen LogP contribution in [0.3, 0.4) is 0 Å². The van der Waals surface area contributed by atoms with Gasteiger partial charge in [0.2, 0.25) is 7.38 Å². The van der Waals surface area contributed by atoms with E-state index in [0.29, 0.717) is 0 Å². The Morgan fingerprint density at radius 1 is 0.632 bits per heavy atom. The molecule has 1 atom stereocenters. The molecule has 0 aliphatic carbocycles. The van der Waals surface area contributed by atoms with Gasteiger partial charge in [0.05, 0.1) is 8.07 Å². The van der Waals surface area contributed by atoms with E-state index in [2.05, 4.69) is 74.7 Å². The maximum absolute atomic E-state index is 6.90. The smallest absolute Gasteiger partial charge is 0.155 e. The van der Waals surface area contributed by atoms with Crippen molar-refractivity contribution in [3.05, 3.63) is 54.6 Å². The first-order valence-electron chi connectivity index (χ1n) is 6.67. The molecule has 0 spiro atoms. The summed E-state index contributed by atoms with van der Waals surface area (Å²) in [6, 6.07) is 19.5. The summed E-state index contributed by atoms with van der Waals surface area (Å²) >= 11 is 6.90. The lowest BCUT2D eigenvalue weighted by molar-refractivity contribution is 1.69. The molecule has 2 aromatic rings. The van der Waals surface area contributed by atoms with Crippen LogP contribution in [0.4, 0.5) is 0 Å². The molecule has 0 saturated heterocycles. The van der Waals surface area contributed by atoms with Crippen molar-refractivity contribution in [2.24, 2.45) is 0 Å². The number of halogens is 1. The lowest BCUT2D eigenvalue weighted by atomic mass is 10.4. The minimum absolute atomic E-state index is 1.22. The molecule has 0 aromatic heterocycles. The first-order valence-corrected chi connectivity index (χ1v) is 13.7. The SMILES string of the molecule is C[Si](C)(C)c1ccc([Si](C)(Cl)c2ccccc2)cc1. The fourth-order valence-electron chi connectivity index (χ4n) is 2.20. The highest BCUT2D eigenvalue weighted by Crippen LogP contribution is 2.10. The molecule has 0 aliphatic rings. The maximum Gasteiger partial charge on any atom is 0.214 e. The molecule has 0 N–H and O–H groups in total. The summed E-state index contributed by atoms with van der Waals surface area (Å²) in [5.41, 5.74) is 0. The third-order valence-electron chi connectivity index (χ3n) is 3.61. The van der Waals surface area contributed by atoms with Crippen LogP contribution in [0.2, 0.25) is 26.2 Å². The van der Waals surface area contributed by atoms with Gasteiger partial charge in [0.1, 0.15) is 0 Å². The lowest BCUT2D eigenvalue weighted by Crippen LogP contribution is -2.51. The van der Waals surface area contributed by atoms with Crippen LogP contribution in [0.1, 0.15) is 0 Å². The van der Waals surface area contributed by atoms with Crippen LogP contribution in [0.25, 0.3) is 0 Å². The van der Waals surface area contributed by atoms with Gasteiger partial charge < -0.3 is 0 Å². The Morgan fingerprint density at radius 2 is 1.05 bits per heavy atom. The third-order valence-corrected chi connectivity index (χ3v) is 9.82. The van der Waals surface area contributed by atoms with Crippen molar-refractivity contribution < 1.29 is 0 Å². The molecule has 0 nitrogen and oxygen atoms in total. The van der Waals surface area contributed by atoms with Crippen LogP contribution in [-0.2, 0) is 0 Å². The molecular weight excluding hydrogens is 284 g/mol. The van der Waals surface area contributed by atoms with Crippen LogP contribution >= 0.6 is 11.1 Å². The van der Waals surface area contributed by atoms with E-state index >= 15 is 0 Å². The molecule has 0 amide bonds. The van der Waals surface area contributed by atoms with Crippen molar-refractivity contribution in [1.29, 1.82) is 0 Å². The fourth-order valence-corrected chi connectivity index (χ4v) is 6.07. The Bertz CT molecular complexity index is 539. The van der Waals surface area contributed by atoms with Crippen LogP contribution in [0, 0.1) is 0 Å². The van der Waals surface area contributed by atoms with Crippen LogP contribution < -0.4 is 15.6 Å². The van der Waals surface area contributed by atoms with Gasteiger partial charge >= 0.3 is 0 Å². The molecule has 0 aliphatic heterocycles. The topological polar surface area (TPSA) is 0 Å². The van der Waals surface area contributed by atoms with E-state index in [1.807, 2.05) is 6.07 Å². The van der Waals surface area contributed by atoms with E-state index in [1.54, 1.807) is 0 Å². The lowest BCUT2D eigenvalue weighted by Gasteiger charge is -2.22. The van der Waals surface area contributed by atoms with Crippen LogP contribution in [0.5, 0.6) is 0 Å². The Kier molecular flexibility index (Phi) is 4.04. The van der Waals surface area contributed by atoms with E-state index in [-0.39, 0.29) is 0 Å². The van der Waals surface area contributed by atoms with Gasteiger partial charge in [-0.2, -0.15) is 11.1 Å². The summed E-state index contributed by atoms with van der Waals surface area (Å²) in [6.45, 7) is 9.32. The second-order valence-corrected chi connectivity index (χ2v) is 16.7. The number of rotatable bonds is 3. The number of hydrogen-bond acceptors (Lipinski definition) is 0. The fraction of sp³-hybridized carbons (Fsp3) is 0.250. The van der Waals surface area contributed by atoms with Crippen molar-refractivity contribution in [2.75, 3.05) is 0 Å². The summed E-state index contributed by atoms with van der Waals surface area (Å²) in [5, 5.41) is 4.06.